The number of nitrogens with one attached hydrogen (secondary N) is 1. The molecule has 0 bridgehead atoms. The molecule has 0 aliphatic heterocycles. The van der Waals surface area contributed by atoms with Gasteiger partial charge in [0.1, 0.15) is 4.90 Å². The highest BCUT2D eigenvalue weighted by Gasteiger charge is 2.14. The van der Waals surface area contributed by atoms with Crippen LogP contribution in [-0.4, -0.2) is 27.0 Å². The van der Waals surface area contributed by atoms with E-state index in [1.54, 1.807) is 23.9 Å². The summed E-state index contributed by atoms with van der Waals surface area (Å²) in [6.07, 6.45) is 1.99. The fraction of sp³-hybridized carbons (Fsp3) is 0.333. The first-order valence-corrected chi connectivity index (χ1v) is 7.55. The standard InChI is InChI=1S/C9H15N3O2S2/c1-15-6-5-12-7-3-2-4-8(9(7)10)16(11,13)14/h2-4,12H,5-6,10H2,1H3,(H2,11,13,14). The third kappa shape index (κ3) is 3.29. The molecular formula is C9H15N3O2S2. The molecule has 0 radical (unpaired) electrons. The van der Waals surface area contributed by atoms with Crippen molar-refractivity contribution in [3.05, 3.63) is 18.2 Å². The zero-order chi connectivity index (χ0) is 12.2. The second-order valence-corrected chi connectivity index (χ2v) is 5.70. The van der Waals surface area contributed by atoms with E-state index < -0.39 is 10.0 Å². The molecule has 5 nitrogen and oxygen atoms in total. The molecule has 0 aromatic heterocycles. The lowest BCUT2D eigenvalue weighted by Crippen LogP contribution is -2.16. The number of benzene rings is 1. The Bertz CT molecular complexity index is 460. The van der Waals surface area contributed by atoms with Gasteiger partial charge >= 0.3 is 0 Å². The predicted octanol–water partition coefficient (Wildman–Crippen LogP) is 0.691. The minimum absolute atomic E-state index is 0.0401. The summed E-state index contributed by atoms with van der Waals surface area (Å²) in [5, 5.41) is 8.10. The van der Waals surface area contributed by atoms with Crippen molar-refractivity contribution < 1.29 is 8.42 Å². The minimum Gasteiger partial charge on any atom is -0.396 e. The molecule has 0 saturated carbocycles. The van der Waals surface area contributed by atoms with Gasteiger partial charge in [0, 0.05) is 12.3 Å². The molecule has 16 heavy (non-hydrogen) atoms. The number of rotatable bonds is 5. The second-order valence-electron chi connectivity index (χ2n) is 3.18. The van der Waals surface area contributed by atoms with Gasteiger partial charge in [0.2, 0.25) is 10.0 Å². The number of primary sulfonamides is 1. The highest BCUT2D eigenvalue weighted by atomic mass is 32.2. The lowest BCUT2D eigenvalue weighted by atomic mass is 10.2. The number of nitrogen functional groups attached to an aromatic ring is 1. The van der Waals surface area contributed by atoms with E-state index >= 15 is 0 Å². The molecule has 0 spiro atoms. The number of anilines is 2. The Morgan fingerprint density at radius 2 is 2.12 bits per heavy atom. The van der Waals surface area contributed by atoms with E-state index in [0.717, 1.165) is 12.3 Å². The molecule has 0 amide bonds. The smallest absolute Gasteiger partial charge is 0.240 e. The van der Waals surface area contributed by atoms with Crippen LogP contribution in [0, 0.1) is 0 Å². The molecular weight excluding hydrogens is 246 g/mol. The largest absolute Gasteiger partial charge is 0.396 e. The van der Waals surface area contributed by atoms with Crippen LogP contribution in [0.15, 0.2) is 23.1 Å². The summed E-state index contributed by atoms with van der Waals surface area (Å²) in [6.45, 7) is 0.722. The van der Waals surface area contributed by atoms with Gasteiger partial charge in [-0.15, -0.1) is 0 Å². The van der Waals surface area contributed by atoms with Gasteiger partial charge in [0.25, 0.3) is 0 Å². The average molecular weight is 261 g/mol. The maximum atomic E-state index is 11.2. The number of para-hydroxylation sites is 1. The minimum atomic E-state index is -3.76. The Labute approximate surface area is 99.6 Å². The van der Waals surface area contributed by atoms with Crippen LogP contribution in [0.4, 0.5) is 11.4 Å². The van der Waals surface area contributed by atoms with Crippen LogP contribution >= 0.6 is 11.8 Å². The van der Waals surface area contributed by atoms with E-state index in [2.05, 4.69) is 5.32 Å². The quantitative estimate of drug-likeness (QED) is 0.535. The zero-order valence-corrected chi connectivity index (χ0v) is 10.6. The summed E-state index contributed by atoms with van der Waals surface area (Å²) in [6, 6.07) is 4.73. The molecule has 0 saturated heterocycles. The Morgan fingerprint density at radius 3 is 2.69 bits per heavy atom. The molecule has 0 atom stereocenters. The van der Waals surface area contributed by atoms with E-state index in [0.29, 0.717) is 5.69 Å². The van der Waals surface area contributed by atoms with Crippen LogP contribution in [0.5, 0.6) is 0 Å². The van der Waals surface area contributed by atoms with Crippen LogP contribution < -0.4 is 16.2 Å². The number of thioether (sulfide) groups is 1. The van der Waals surface area contributed by atoms with Crippen LogP contribution in [0.1, 0.15) is 0 Å². The van der Waals surface area contributed by atoms with Crippen molar-refractivity contribution in [2.24, 2.45) is 5.14 Å². The first kappa shape index (κ1) is 13.1. The molecule has 1 aromatic carbocycles. The van der Waals surface area contributed by atoms with Crippen molar-refractivity contribution in [1.82, 2.24) is 0 Å². The van der Waals surface area contributed by atoms with Crippen LogP contribution in [0.2, 0.25) is 0 Å². The summed E-state index contributed by atoms with van der Waals surface area (Å²) in [5.41, 5.74) is 6.49. The van der Waals surface area contributed by atoms with Crippen molar-refractivity contribution >= 4 is 33.2 Å². The highest BCUT2D eigenvalue weighted by molar-refractivity contribution is 7.98. The molecule has 0 aliphatic carbocycles. The normalized spacial score (nSPS) is 11.4. The van der Waals surface area contributed by atoms with Gasteiger partial charge < -0.3 is 11.1 Å². The van der Waals surface area contributed by atoms with Gasteiger partial charge in [-0.1, -0.05) is 6.07 Å². The summed E-state index contributed by atoms with van der Waals surface area (Å²) in [5.74, 6) is 0.916. The number of sulfonamides is 1. The van der Waals surface area contributed by atoms with E-state index in [1.165, 1.54) is 6.07 Å². The van der Waals surface area contributed by atoms with Crippen molar-refractivity contribution in [1.29, 1.82) is 0 Å². The van der Waals surface area contributed by atoms with Crippen molar-refractivity contribution in [2.45, 2.75) is 4.90 Å². The maximum Gasteiger partial charge on any atom is 0.240 e. The molecule has 7 heteroatoms. The molecule has 1 rings (SSSR count). The van der Waals surface area contributed by atoms with Crippen molar-refractivity contribution in [3.63, 3.8) is 0 Å². The van der Waals surface area contributed by atoms with E-state index in [-0.39, 0.29) is 10.6 Å². The summed E-state index contributed by atoms with van der Waals surface area (Å²) >= 11 is 1.69. The summed E-state index contributed by atoms with van der Waals surface area (Å²) < 4.78 is 22.4. The van der Waals surface area contributed by atoms with Gasteiger partial charge in [-0.25, -0.2) is 13.6 Å². The Balaban J connectivity index is 2.96. The summed E-state index contributed by atoms with van der Waals surface area (Å²) in [7, 11) is -3.76. The fourth-order valence-corrected chi connectivity index (χ4v) is 2.22. The van der Waals surface area contributed by atoms with Crippen LogP contribution in [0.3, 0.4) is 0 Å². The fourth-order valence-electron chi connectivity index (χ4n) is 1.23. The third-order valence-electron chi connectivity index (χ3n) is 1.99. The molecule has 0 unspecified atom stereocenters. The maximum absolute atomic E-state index is 11.2. The van der Waals surface area contributed by atoms with Crippen LogP contribution in [-0.2, 0) is 10.0 Å². The SMILES string of the molecule is CSCCNc1cccc(S(N)(=O)=O)c1N. The number of hydrogen-bond donors (Lipinski definition) is 3. The summed E-state index contributed by atoms with van der Waals surface area (Å²) in [4.78, 5) is -0.0401. The monoisotopic (exact) mass is 261 g/mol. The van der Waals surface area contributed by atoms with Crippen molar-refractivity contribution in [2.75, 3.05) is 29.6 Å². The van der Waals surface area contributed by atoms with E-state index in [1.807, 2.05) is 6.26 Å². The molecule has 0 aliphatic rings. The Hall–Kier alpha value is -0.920. The van der Waals surface area contributed by atoms with Crippen molar-refractivity contribution in [3.8, 4) is 0 Å². The number of nitrogens with two attached hydrogens (primary N) is 2. The predicted molar refractivity (Wildman–Crippen MR) is 69.1 cm³/mol. The van der Waals surface area contributed by atoms with Crippen LogP contribution in [0.25, 0.3) is 0 Å². The zero-order valence-electron chi connectivity index (χ0n) is 8.93. The third-order valence-corrected chi connectivity index (χ3v) is 3.58. The lowest BCUT2D eigenvalue weighted by molar-refractivity contribution is 0.598. The molecule has 1 aromatic rings. The topological polar surface area (TPSA) is 98.2 Å². The van der Waals surface area contributed by atoms with E-state index in [9.17, 15) is 8.42 Å². The molecule has 0 heterocycles. The lowest BCUT2D eigenvalue weighted by Gasteiger charge is -2.11. The average Bonchev–Trinajstić information content (AvgIpc) is 2.19. The molecule has 0 fully saturated rings. The van der Waals surface area contributed by atoms with Gasteiger partial charge in [-0.05, 0) is 18.4 Å². The first-order chi connectivity index (χ1) is 7.46. The Kier molecular flexibility index (Phi) is 4.45. The van der Waals surface area contributed by atoms with Gasteiger partial charge in [-0.2, -0.15) is 11.8 Å². The molecule has 90 valence electrons. The van der Waals surface area contributed by atoms with Gasteiger partial charge in [0.15, 0.2) is 0 Å². The second kappa shape index (κ2) is 5.42. The first-order valence-electron chi connectivity index (χ1n) is 4.61. The highest BCUT2D eigenvalue weighted by Crippen LogP contribution is 2.25. The Morgan fingerprint density at radius 1 is 1.44 bits per heavy atom. The van der Waals surface area contributed by atoms with Gasteiger partial charge in [0.05, 0.1) is 11.4 Å². The molecule has 5 N–H and O–H groups in total. The number of hydrogen-bond acceptors (Lipinski definition) is 5. The van der Waals surface area contributed by atoms with Gasteiger partial charge in [-0.3, -0.25) is 0 Å². The van der Waals surface area contributed by atoms with E-state index in [4.69, 9.17) is 10.9 Å².